The maximum Gasteiger partial charge on any atom is 0.310 e. The van der Waals surface area contributed by atoms with Gasteiger partial charge in [-0.1, -0.05) is 0 Å². The Kier molecular flexibility index (Phi) is 3.06. The van der Waals surface area contributed by atoms with Crippen LogP contribution in [-0.4, -0.2) is 30.6 Å². The van der Waals surface area contributed by atoms with E-state index in [-0.39, 0.29) is 17.8 Å². The number of rotatable bonds is 3. The summed E-state index contributed by atoms with van der Waals surface area (Å²) in [6, 6.07) is 3.97. The van der Waals surface area contributed by atoms with Gasteiger partial charge in [0.1, 0.15) is 0 Å². The molecule has 1 aliphatic heterocycles. The Bertz CT molecular complexity index is 321. The molecular weight excluding hydrogens is 192 g/mol. The van der Waals surface area contributed by atoms with Crippen molar-refractivity contribution in [2.75, 3.05) is 19.7 Å². The van der Waals surface area contributed by atoms with Crippen molar-refractivity contribution in [2.24, 2.45) is 5.92 Å². The van der Waals surface area contributed by atoms with Crippen LogP contribution in [0.25, 0.3) is 0 Å². The van der Waals surface area contributed by atoms with Crippen molar-refractivity contribution in [2.45, 2.75) is 12.8 Å². The third-order valence-corrected chi connectivity index (χ3v) is 2.83. The van der Waals surface area contributed by atoms with Gasteiger partial charge in [0.2, 0.25) is 0 Å². The molecule has 0 bridgehead atoms. The monoisotopic (exact) mass is 208 g/mol. The van der Waals surface area contributed by atoms with Crippen LogP contribution < -0.4 is 5.32 Å². The first kappa shape index (κ1) is 10.2. The van der Waals surface area contributed by atoms with Crippen LogP contribution in [0.5, 0.6) is 0 Å². The van der Waals surface area contributed by atoms with Gasteiger partial charge in [0.25, 0.3) is 0 Å². The summed E-state index contributed by atoms with van der Waals surface area (Å²) in [5.74, 6) is 0.0738. The molecule has 0 amide bonds. The molecule has 2 atom stereocenters. The van der Waals surface area contributed by atoms with Crippen LogP contribution in [0.1, 0.15) is 18.5 Å². The number of carbonyl (C=O) groups excluding carboxylic acids is 1. The molecule has 0 saturated carbocycles. The van der Waals surface area contributed by atoms with E-state index >= 15 is 0 Å². The first-order valence-electron chi connectivity index (χ1n) is 5.33. The Morgan fingerprint density at radius 3 is 3.13 bits per heavy atom. The van der Waals surface area contributed by atoms with E-state index < -0.39 is 0 Å². The van der Waals surface area contributed by atoms with Crippen LogP contribution in [0.4, 0.5) is 0 Å². The van der Waals surface area contributed by atoms with Gasteiger partial charge in [-0.15, -0.1) is 0 Å². The normalized spacial score (nSPS) is 25.4. The Balaban J connectivity index is 2.08. The van der Waals surface area contributed by atoms with Crippen molar-refractivity contribution in [1.29, 1.82) is 0 Å². The Labute approximate surface area is 89.0 Å². The number of ether oxygens (including phenoxy) is 1. The van der Waals surface area contributed by atoms with Gasteiger partial charge in [0, 0.05) is 30.9 Å². The first-order valence-corrected chi connectivity index (χ1v) is 5.33. The van der Waals surface area contributed by atoms with Gasteiger partial charge in [-0.3, -0.25) is 4.79 Å². The number of carbonyl (C=O) groups is 1. The smallest absolute Gasteiger partial charge is 0.310 e. The minimum absolute atomic E-state index is 0.0522. The van der Waals surface area contributed by atoms with Crippen LogP contribution >= 0.6 is 0 Å². The molecule has 15 heavy (non-hydrogen) atoms. The summed E-state index contributed by atoms with van der Waals surface area (Å²) in [5.41, 5.74) is 1.11. The summed E-state index contributed by atoms with van der Waals surface area (Å²) >= 11 is 0. The summed E-state index contributed by atoms with van der Waals surface area (Å²) in [4.78, 5) is 14.8. The average Bonchev–Trinajstić information content (AvgIpc) is 2.88. The zero-order valence-electron chi connectivity index (χ0n) is 8.82. The van der Waals surface area contributed by atoms with Gasteiger partial charge >= 0.3 is 5.97 Å². The van der Waals surface area contributed by atoms with Crippen molar-refractivity contribution in [3.05, 3.63) is 24.0 Å². The molecule has 2 N–H and O–H groups in total. The molecule has 2 heterocycles. The van der Waals surface area contributed by atoms with E-state index in [2.05, 4.69) is 10.3 Å². The molecule has 4 nitrogen and oxygen atoms in total. The lowest BCUT2D eigenvalue weighted by molar-refractivity contribution is -0.147. The molecule has 4 heteroatoms. The fraction of sp³-hybridized carbons (Fsp3) is 0.545. The lowest BCUT2D eigenvalue weighted by Crippen LogP contribution is -2.24. The van der Waals surface area contributed by atoms with Crippen LogP contribution in [0.2, 0.25) is 0 Å². The van der Waals surface area contributed by atoms with E-state index in [0.717, 1.165) is 12.2 Å². The zero-order valence-corrected chi connectivity index (χ0v) is 8.82. The highest BCUT2D eigenvalue weighted by molar-refractivity contribution is 5.74. The first-order chi connectivity index (χ1) is 7.33. The molecule has 82 valence electrons. The van der Waals surface area contributed by atoms with Gasteiger partial charge < -0.3 is 15.0 Å². The van der Waals surface area contributed by atoms with Crippen molar-refractivity contribution < 1.29 is 9.53 Å². The molecular formula is C11H16N2O2. The SMILES string of the molecule is CCOC(=O)C1CNCC1c1ccc[nH]1. The van der Waals surface area contributed by atoms with Crippen LogP contribution in [0.15, 0.2) is 18.3 Å². The molecule has 0 aromatic carbocycles. The lowest BCUT2D eigenvalue weighted by Gasteiger charge is -2.15. The highest BCUT2D eigenvalue weighted by Gasteiger charge is 2.35. The number of nitrogens with one attached hydrogen (secondary N) is 2. The Morgan fingerprint density at radius 1 is 1.60 bits per heavy atom. The number of aromatic nitrogens is 1. The molecule has 1 aliphatic rings. The van der Waals surface area contributed by atoms with E-state index in [0.29, 0.717) is 13.2 Å². The van der Waals surface area contributed by atoms with Crippen LogP contribution in [-0.2, 0) is 9.53 Å². The van der Waals surface area contributed by atoms with E-state index in [1.807, 2.05) is 25.3 Å². The second kappa shape index (κ2) is 4.49. The molecule has 1 aromatic heterocycles. The second-order valence-corrected chi connectivity index (χ2v) is 3.75. The quantitative estimate of drug-likeness (QED) is 0.725. The molecule has 1 aromatic rings. The van der Waals surface area contributed by atoms with Gasteiger partial charge in [0.05, 0.1) is 12.5 Å². The molecule has 1 saturated heterocycles. The number of esters is 1. The van der Waals surface area contributed by atoms with E-state index in [1.54, 1.807) is 0 Å². The lowest BCUT2D eigenvalue weighted by atomic mass is 9.93. The van der Waals surface area contributed by atoms with Crippen LogP contribution in [0, 0.1) is 5.92 Å². The van der Waals surface area contributed by atoms with Crippen molar-refractivity contribution in [3.63, 3.8) is 0 Å². The van der Waals surface area contributed by atoms with Gasteiger partial charge in [-0.05, 0) is 19.1 Å². The summed E-state index contributed by atoms with van der Waals surface area (Å²) < 4.78 is 5.06. The molecule has 1 fully saturated rings. The highest BCUT2D eigenvalue weighted by Crippen LogP contribution is 2.27. The summed E-state index contributed by atoms with van der Waals surface area (Å²) in [5, 5.41) is 3.23. The van der Waals surface area contributed by atoms with E-state index in [9.17, 15) is 4.79 Å². The minimum atomic E-state index is -0.0953. The third kappa shape index (κ3) is 2.04. The summed E-state index contributed by atoms with van der Waals surface area (Å²) in [6.07, 6.45) is 1.88. The number of hydrogen-bond acceptors (Lipinski definition) is 3. The topological polar surface area (TPSA) is 54.1 Å². The largest absolute Gasteiger partial charge is 0.466 e. The van der Waals surface area contributed by atoms with Crippen molar-refractivity contribution in [3.8, 4) is 0 Å². The number of hydrogen-bond donors (Lipinski definition) is 2. The Hall–Kier alpha value is -1.29. The maximum atomic E-state index is 11.7. The summed E-state index contributed by atoms with van der Waals surface area (Å²) in [6.45, 7) is 3.84. The Morgan fingerprint density at radius 2 is 2.47 bits per heavy atom. The number of H-pyrrole nitrogens is 1. The minimum Gasteiger partial charge on any atom is -0.466 e. The fourth-order valence-corrected chi connectivity index (χ4v) is 2.08. The fourth-order valence-electron chi connectivity index (χ4n) is 2.08. The van der Waals surface area contributed by atoms with Gasteiger partial charge in [0.15, 0.2) is 0 Å². The van der Waals surface area contributed by atoms with Gasteiger partial charge in [-0.2, -0.15) is 0 Å². The van der Waals surface area contributed by atoms with Crippen molar-refractivity contribution >= 4 is 5.97 Å². The molecule has 0 aliphatic carbocycles. The predicted octanol–water partition coefficient (Wildman–Crippen LogP) is 0.881. The second-order valence-electron chi connectivity index (χ2n) is 3.75. The van der Waals surface area contributed by atoms with Gasteiger partial charge in [-0.25, -0.2) is 0 Å². The zero-order chi connectivity index (χ0) is 10.7. The average molecular weight is 208 g/mol. The molecule has 0 spiro atoms. The molecule has 0 radical (unpaired) electrons. The van der Waals surface area contributed by atoms with E-state index in [1.165, 1.54) is 0 Å². The number of aromatic amines is 1. The van der Waals surface area contributed by atoms with Crippen LogP contribution in [0.3, 0.4) is 0 Å². The third-order valence-electron chi connectivity index (χ3n) is 2.83. The van der Waals surface area contributed by atoms with E-state index in [4.69, 9.17) is 4.74 Å². The van der Waals surface area contributed by atoms with Crippen molar-refractivity contribution in [1.82, 2.24) is 10.3 Å². The molecule has 2 rings (SSSR count). The maximum absolute atomic E-state index is 11.7. The predicted molar refractivity (Wildman–Crippen MR) is 56.5 cm³/mol. The standard InChI is InChI=1S/C11H16N2O2/c1-2-15-11(14)9-7-12-6-8(9)10-4-3-5-13-10/h3-5,8-9,12-13H,2,6-7H2,1H3. The highest BCUT2D eigenvalue weighted by atomic mass is 16.5. The molecule has 2 unspecified atom stereocenters. The summed E-state index contributed by atoms with van der Waals surface area (Å²) in [7, 11) is 0.